The number of aromatic nitrogens is 2. The molecule has 1 N–H and O–H groups in total. The standard InChI is InChI=1S/C14H13BrN2O2/c15-12-7-13(17-14(16-12)9-5-6-9)19-11-4-2-1-3-10(11)8-18/h1-4,7,9,18H,5-6,8H2. The van der Waals surface area contributed by atoms with Crippen molar-refractivity contribution in [2.45, 2.75) is 25.4 Å². The number of aliphatic hydroxyl groups excluding tert-OH is 1. The van der Waals surface area contributed by atoms with Gasteiger partial charge >= 0.3 is 0 Å². The van der Waals surface area contributed by atoms with Crippen LogP contribution in [0.2, 0.25) is 0 Å². The first-order chi connectivity index (χ1) is 9.26. The molecule has 1 aromatic carbocycles. The second kappa shape index (κ2) is 5.27. The number of para-hydroxylation sites is 1. The van der Waals surface area contributed by atoms with Crippen molar-refractivity contribution >= 4 is 15.9 Å². The summed E-state index contributed by atoms with van der Waals surface area (Å²) in [6, 6.07) is 9.11. The third-order valence-corrected chi connectivity index (χ3v) is 3.39. The Morgan fingerprint density at radius 2 is 2.05 bits per heavy atom. The average molecular weight is 321 g/mol. The lowest BCUT2D eigenvalue weighted by Gasteiger charge is -2.09. The molecule has 3 rings (SSSR count). The van der Waals surface area contributed by atoms with Gasteiger partial charge in [-0.3, -0.25) is 0 Å². The molecule has 0 spiro atoms. The third kappa shape index (κ3) is 2.93. The molecule has 2 aromatic rings. The van der Waals surface area contributed by atoms with Gasteiger partial charge in [-0.1, -0.05) is 18.2 Å². The van der Waals surface area contributed by atoms with Crippen LogP contribution in [0.15, 0.2) is 34.9 Å². The molecule has 5 heteroatoms. The Kier molecular flexibility index (Phi) is 3.48. The second-order valence-corrected chi connectivity index (χ2v) is 5.34. The SMILES string of the molecule is OCc1ccccc1Oc1cc(Br)nc(C2CC2)n1. The van der Waals surface area contributed by atoms with E-state index in [2.05, 4.69) is 25.9 Å². The number of benzene rings is 1. The highest BCUT2D eigenvalue weighted by molar-refractivity contribution is 9.10. The fourth-order valence-electron chi connectivity index (χ4n) is 1.84. The van der Waals surface area contributed by atoms with Gasteiger partial charge in [0, 0.05) is 17.5 Å². The van der Waals surface area contributed by atoms with Crippen LogP contribution in [0.3, 0.4) is 0 Å². The molecule has 0 radical (unpaired) electrons. The highest BCUT2D eigenvalue weighted by atomic mass is 79.9. The zero-order valence-corrected chi connectivity index (χ0v) is 11.8. The number of halogens is 1. The second-order valence-electron chi connectivity index (χ2n) is 4.53. The van der Waals surface area contributed by atoms with Crippen LogP contribution in [0.1, 0.15) is 30.1 Å². The van der Waals surface area contributed by atoms with Crippen molar-refractivity contribution in [3.8, 4) is 11.6 Å². The van der Waals surface area contributed by atoms with Gasteiger partial charge in [0.05, 0.1) is 6.61 Å². The Hall–Kier alpha value is -1.46. The number of hydrogen-bond acceptors (Lipinski definition) is 4. The highest BCUT2D eigenvalue weighted by Gasteiger charge is 2.27. The van der Waals surface area contributed by atoms with E-state index in [1.807, 2.05) is 24.3 Å². The summed E-state index contributed by atoms with van der Waals surface area (Å²) in [6.07, 6.45) is 2.28. The minimum absolute atomic E-state index is 0.0576. The molecule has 0 amide bonds. The third-order valence-electron chi connectivity index (χ3n) is 2.99. The predicted molar refractivity (Wildman–Crippen MR) is 74.1 cm³/mol. The molecule has 19 heavy (non-hydrogen) atoms. The number of rotatable bonds is 4. The summed E-state index contributed by atoms with van der Waals surface area (Å²) in [5.41, 5.74) is 0.741. The fraction of sp³-hybridized carbons (Fsp3) is 0.286. The average Bonchev–Trinajstić information content (AvgIpc) is 3.23. The van der Waals surface area contributed by atoms with E-state index in [1.165, 1.54) is 0 Å². The summed E-state index contributed by atoms with van der Waals surface area (Å²) < 4.78 is 6.48. The lowest BCUT2D eigenvalue weighted by Crippen LogP contribution is -1.98. The van der Waals surface area contributed by atoms with Crippen molar-refractivity contribution in [3.05, 3.63) is 46.3 Å². The maximum atomic E-state index is 9.28. The highest BCUT2D eigenvalue weighted by Crippen LogP contribution is 2.39. The van der Waals surface area contributed by atoms with Gasteiger partial charge in [-0.2, -0.15) is 4.98 Å². The molecule has 1 aromatic heterocycles. The summed E-state index contributed by atoms with van der Waals surface area (Å²) in [5.74, 6) is 2.42. The first-order valence-electron chi connectivity index (χ1n) is 6.17. The topological polar surface area (TPSA) is 55.2 Å². The predicted octanol–water partition coefficient (Wildman–Crippen LogP) is 3.40. The Labute approximate surface area is 119 Å². The van der Waals surface area contributed by atoms with Gasteiger partial charge in [0.15, 0.2) is 0 Å². The van der Waals surface area contributed by atoms with E-state index in [9.17, 15) is 5.11 Å². The van der Waals surface area contributed by atoms with Crippen LogP contribution in [0.5, 0.6) is 11.6 Å². The van der Waals surface area contributed by atoms with E-state index in [1.54, 1.807) is 6.07 Å². The maximum absolute atomic E-state index is 9.28. The van der Waals surface area contributed by atoms with Crippen molar-refractivity contribution in [2.75, 3.05) is 0 Å². The van der Waals surface area contributed by atoms with Gasteiger partial charge in [-0.25, -0.2) is 4.98 Å². The van der Waals surface area contributed by atoms with Crippen LogP contribution >= 0.6 is 15.9 Å². The van der Waals surface area contributed by atoms with E-state index in [-0.39, 0.29) is 6.61 Å². The molecular formula is C14H13BrN2O2. The molecule has 98 valence electrons. The van der Waals surface area contributed by atoms with E-state index in [0.717, 1.165) is 28.8 Å². The lowest BCUT2D eigenvalue weighted by molar-refractivity contribution is 0.276. The van der Waals surface area contributed by atoms with E-state index >= 15 is 0 Å². The molecule has 4 nitrogen and oxygen atoms in total. The summed E-state index contributed by atoms with van der Waals surface area (Å²) in [5, 5.41) is 9.28. The van der Waals surface area contributed by atoms with Crippen LogP contribution in [-0.2, 0) is 6.61 Å². The van der Waals surface area contributed by atoms with Crippen LogP contribution in [0, 0.1) is 0 Å². The Morgan fingerprint density at radius 1 is 1.26 bits per heavy atom. The quantitative estimate of drug-likeness (QED) is 0.877. The summed E-state index contributed by atoms with van der Waals surface area (Å²) >= 11 is 3.38. The van der Waals surface area contributed by atoms with E-state index in [4.69, 9.17) is 4.74 Å². The summed E-state index contributed by atoms with van der Waals surface area (Å²) in [4.78, 5) is 8.78. The number of hydrogen-bond donors (Lipinski definition) is 1. The van der Waals surface area contributed by atoms with E-state index < -0.39 is 0 Å². The maximum Gasteiger partial charge on any atom is 0.223 e. The van der Waals surface area contributed by atoms with Gasteiger partial charge in [0.2, 0.25) is 5.88 Å². The summed E-state index contributed by atoms with van der Waals surface area (Å²) in [6.45, 7) is -0.0576. The number of ether oxygens (including phenoxy) is 1. The minimum atomic E-state index is -0.0576. The van der Waals surface area contributed by atoms with Crippen molar-refractivity contribution in [3.63, 3.8) is 0 Å². The molecule has 0 atom stereocenters. The lowest BCUT2D eigenvalue weighted by atomic mass is 10.2. The first-order valence-corrected chi connectivity index (χ1v) is 6.96. The Balaban J connectivity index is 1.90. The molecule has 1 aliphatic rings. The van der Waals surface area contributed by atoms with Crippen LogP contribution in [0.4, 0.5) is 0 Å². The normalized spacial score (nSPS) is 14.4. The van der Waals surface area contributed by atoms with Gasteiger partial charge in [0.25, 0.3) is 0 Å². The first kappa shape index (κ1) is 12.6. The number of aliphatic hydroxyl groups is 1. The monoisotopic (exact) mass is 320 g/mol. The summed E-state index contributed by atoms with van der Waals surface area (Å²) in [7, 11) is 0. The fourth-order valence-corrected chi connectivity index (χ4v) is 2.21. The smallest absolute Gasteiger partial charge is 0.223 e. The largest absolute Gasteiger partial charge is 0.438 e. The van der Waals surface area contributed by atoms with Gasteiger partial charge in [0.1, 0.15) is 16.2 Å². The van der Waals surface area contributed by atoms with Crippen molar-refractivity contribution in [1.82, 2.24) is 9.97 Å². The van der Waals surface area contributed by atoms with Crippen LogP contribution < -0.4 is 4.74 Å². The Morgan fingerprint density at radius 3 is 2.79 bits per heavy atom. The van der Waals surface area contributed by atoms with E-state index in [0.29, 0.717) is 17.5 Å². The molecule has 1 saturated carbocycles. The molecule has 0 bridgehead atoms. The van der Waals surface area contributed by atoms with Crippen molar-refractivity contribution in [2.24, 2.45) is 0 Å². The number of nitrogens with zero attached hydrogens (tertiary/aromatic N) is 2. The van der Waals surface area contributed by atoms with Crippen molar-refractivity contribution in [1.29, 1.82) is 0 Å². The molecule has 1 heterocycles. The zero-order valence-electron chi connectivity index (χ0n) is 10.2. The molecule has 0 saturated heterocycles. The van der Waals surface area contributed by atoms with Gasteiger partial charge in [-0.15, -0.1) is 0 Å². The van der Waals surface area contributed by atoms with Gasteiger partial charge < -0.3 is 9.84 Å². The van der Waals surface area contributed by atoms with Gasteiger partial charge in [-0.05, 0) is 34.8 Å². The molecule has 1 aliphatic carbocycles. The molecule has 1 fully saturated rings. The van der Waals surface area contributed by atoms with Crippen LogP contribution in [0.25, 0.3) is 0 Å². The Bertz CT molecular complexity index is 600. The molecule has 0 aliphatic heterocycles. The van der Waals surface area contributed by atoms with Crippen LogP contribution in [-0.4, -0.2) is 15.1 Å². The molecular weight excluding hydrogens is 308 g/mol. The minimum Gasteiger partial charge on any atom is -0.438 e. The molecule has 0 unspecified atom stereocenters. The zero-order chi connectivity index (χ0) is 13.2. The van der Waals surface area contributed by atoms with Crippen molar-refractivity contribution < 1.29 is 9.84 Å².